The average molecular weight is 241 g/mol. The second-order valence-electron chi connectivity index (χ2n) is 4.62. The second kappa shape index (κ2) is 5.60. The van der Waals surface area contributed by atoms with E-state index in [9.17, 15) is 4.39 Å². The van der Waals surface area contributed by atoms with Crippen LogP contribution < -0.4 is 0 Å². The summed E-state index contributed by atoms with van der Waals surface area (Å²) in [5.41, 5.74) is 1.17. The number of aryl methyl sites for hydroxylation is 1. The van der Waals surface area contributed by atoms with E-state index in [1.54, 1.807) is 0 Å². The van der Waals surface area contributed by atoms with E-state index in [2.05, 4.69) is 5.10 Å². The molecule has 1 aliphatic rings. The van der Waals surface area contributed by atoms with E-state index in [4.69, 9.17) is 5.11 Å². The van der Waals surface area contributed by atoms with Crippen molar-refractivity contribution in [2.45, 2.75) is 38.5 Å². The lowest BCUT2D eigenvalue weighted by atomic mass is 10.2. The highest BCUT2D eigenvalue weighted by Crippen LogP contribution is 2.20. The predicted octanol–water partition coefficient (Wildman–Crippen LogP) is 0.850. The summed E-state index contributed by atoms with van der Waals surface area (Å²) < 4.78 is 15.1. The number of aromatic nitrogens is 2. The van der Waals surface area contributed by atoms with Crippen LogP contribution in [0.2, 0.25) is 0 Å². The van der Waals surface area contributed by atoms with Crippen molar-refractivity contribution >= 4 is 0 Å². The van der Waals surface area contributed by atoms with Crippen molar-refractivity contribution in [1.82, 2.24) is 14.7 Å². The molecule has 1 fully saturated rings. The van der Waals surface area contributed by atoms with Crippen molar-refractivity contribution in [3.63, 3.8) is 0 Å². The first kappa shape index (κ1) is 12.5. The standard InChI is InChI=1S/C12H20FN3O/c1-2-16-7-10(6-14-16)3-4-15-8-11(13)5-12(15)9-17/h6-7,11-12,17H,2-5,8-9H2,1H3/t11-,12-/m0/s1. The summed E-state index contributed by atoms with van der Waals surface area (Å²) in [4.78, 5) is 2.04. The third kappa shape index (κ3) is 3.04. The lowest BCUT2D eigenvalue weighted by Crippen LogP contribution is -2.34. The first-order valence-corrected chi connectivity index (χ1v) is 6.23. The van der Waals surface area contributed by atoms with Gasteiger partial charge < -0.3 is 5.11 Å². The number of likely N-dealkylation sites (tertiary alicyclic amines) is 1. The average Bonchev–Trinajstić information content (AvgIpc) is 2.92. The maximum absolute atomic E-state index is 13.2. The van der Waals surface area contributed by atoms with E-state index in [0.29, 0.717) is 13.0 Å². The fourth-order valence-electron chi connectivity index (χ4n) is 2.37. The zero-order chi connectivity index (χ0) is 12.3. The third-order valence-electron chi connectivity index (χ3n) is 3.39. The Hall–Kier alpha value is -0.940. The minimum absolute atomic E-state index is 0.00813. The Bertz CT molecular complexity index is 355. The van der Waals surface area contributed by atoms with E-state index >= 15 is 0 Å². The van der Waals surface area contributed by atoms with Gasteiger partial charge in [-0.3, -0.25) is 9.58 Å². The number of hydrogen-bond donors (Lipinski definition) is 1. The fourth-order valence-corrected chi connectivity index (χ4v) is 2.37. The fraction of sp³-hybridized carbons (Fsp3) is 0.750. The Morgan fingerprint density at radius 3 is 3.06 bits per heavy atom. The van der Waals surface area contributed by atoms with Gasteiger partial charge in [-0.15, -0.1) is 0 Å². The van der Waals surface area contributed by atoms with E-state index < -0.39 is 6.17 Å². The summed E-state index contributed by atoms with van der Waals surface area (Å²) in [5, 5.41) is 13.4. The van der Waals surface area contributed by atoms with E-state index in [1.165, 1.54) is 5.56 Å². The van der Waals surface area contributed by atoms with Crippen LogP contribution in [0.5, 0.6) is 0 Å². The molecule has 1 aliphatic heterocycles. The minimum atomic E-state index is -0.787. The lowest BCUT2D eigenvalue weighted by Gasteiger charge is -2.21. The minimum Gasteiger partial charge on any atom is -0.395 e. The Balaban J connectivity index is 1.85. The van der Waals surface area contributed by atoms with Crippen molar-refractivity contribution in [3.8, 4) is 0 Å². The molecule has 0 saturated carbocycles. The Morgan fingerprint density at radius 1 is 1.59 bits per heavy atom. The summed E-state index contributed by atoms with van der Waals surface area (Å²) >= 11 is 0. The molecule has 1 N–H and O–H groups in total. The van der Waals surface area contributed by atoms with Crippen molar-refractivity contribution in [2.24, 2.45) is 0 Å². The van der Waals surface area contributed by atoms with Crippen LogP contribution in [0.3, 0.4) is 0 Å². The molecule has 2 heterocycles. The van der Waals surface area contributed by atoms with Crippen LogP contribution in [0, 0.1) is 0 Å². The van der Waals surface area contributed by atoms with Gasteiger partial charge in [-0.25, -0.2) is 4.39 Å². The zero-order valence-electron chi connectivity index (χ0n) is 10.2. The van der Waals surface area contributed by atoms with Crippen LogP contribution in [0.25, 0.3) is 0 Å². The Kier molecular flexibility index (Phi) is 4.12. The van der Waals surface area contributed by atoms with Gasteiger partial charge in [0.2, 0.25) is 0 Å². The zero-order valence-corrected chi connectivity index (χ0v) is 10.2. The largest absolute Gasteiger partial charge is 0.395 e. The molecule has 4 nitrogen and oxygen atoms in total. The van der Waals surface area contributed by atoms with Crippen molar-refractivity contribution in [2.75, 3.05) is 19.7 Å². The number of rotatable bonds is 5. The summed E-state index contributed by atoms with van der Waals surface area (Å²) in [6.07, 6.45) is 4.43. The van der Waals surface area contributed by atoms with Crippen LogP contribution in [0.15, 0.2) is 12.4 Å². The molecule has 5 heteroatoms. The smallest absolute Gasteiger partial charge is 0.114 e. The molecule has 0 unspecified atom stereocenters. The molecule has 1 saturated heterocycles. The number of nitrogens with zero attached hydrogens (tertiary/aromatic N) is 3. The maximum atomic E-state index is 13.2. The van der Waals surface area contributed by atoms with Crippen LogP contribution in [-0.4, -0.2) is 51.7 Å². The number of aliphatic hydroxyl groups excluding tert-OH is 1. The molecule has 17 heavy (non-hydrogen) atoms. The van der Waals surface area contributed by atoms with E-state index in [1.807, 2.05) is 28.9 Å². The summed E-state index contributed by atoms with van der Waals surface area (Å²) in [5.74, 6) is 0. The van der Waals surface area contributed by atoms with Gasteiger partial charge >= 0.3 is 0 Å². The second-order valence-corrected chi connectivity index (χ2v) is 4.62. The van der Waals surface area contributed by atoms with Gasteiger partial charge in [0.15, 0.2) is 0 Å². The van der Waals surface area contributed by atoms with Gasteiger partial charge in [0, 0.05) is 31.9 Å². The topological polar surface area (TPSA) is 41.3 Å². The Labute approximate surface area is 101 Å². The first-order chi connectivity index (χ1) is 8.22. The van der Waals surface area contributed by atoms with Gasteiger partial charge in [-0.2, -0.15) is 5.10 Å². The van der Waals surface area contributed by atoms with Crippen molar-refractivity contribution < 1.29 is 9.50 Å². The third-order valence-corrected chi connectivity index (χ3v) is 3.39. The van der Waals surface area contributed by atoms with Crippen LogP contribution in [0.4, 0.5) is 4.39 Å². The molecular weight excluding hydrogens is 221 g/mol. The van der Waals surface area contributed by atoms with Crippen molar-refractivity contribution in [1.29, 1.82) is 0 Å². The molecule has 1 aromatic heterocycles. The number of aliphatic hydroxyl groups is 1. The van der Waals surface area contributed by atoms with Gasteiger partial charge in [0.25, 0.3) is 0 Å². The Morgan fingerprint density at radius 2 is 2.41 bits per heavy atom. The van der Waals surface area contributed by atoms with Crippen molar-refractivity contribution in [3.05, 3.63) is 18.0 Å². The van der Waals surface area contributed by atoms with Crippen LogP contribution >= 0.6 is 0 Å². The van der Waals surface area contributed by atoms with E-state index in [0.717, 1.165) is 19.5 Å². The molecule has 0 bridgehead atoms. The maximum Gasteiger partial charge on any atom is 0.114 e. The predicted molar refractivity (Wildman–Crippen MR) is 63.6 cm³/mol. The molecular formula is C12H20FN3O. The lowest BCUT2D eigenvalue weighted by molar-refractivity contribution is 0.160. The molecule has 0 aromatic carbocycles. The molecule has 2 rings (SSSR count). The molecule has 0 amide bonds. The van der Waals surface area contributed by atoms with E-state index in [-0.39, 0.29) is 12.6 Å². The molecule has 1 aromatic rings. The normalized spacial score (nSPS) is 25.6. The molecule has 0 spiro atoms. The highest BCUT2D eigenvalue weighted by molar-refractivity contribution is 5.04. The molecule has 0 radical (unpaired) electrons. The molecule has 2 atom stereocenters. The van der Waals surface area contributed by atoms with Gasteiger partial charge in [-0.05, 0) is 25.3 Å². The number of alkyl halides is 1. The number of hydrogen-bond acceptors (Lipinski definition) is 3. The first-order valence-electron chi connectivity index (χ1n) is 6.23. The highest BCUT2D eigenvalue weighted by Gasteiger charge is 2.30. The van der Waals surface area contributed by atoms with Crippen LogP contribution in [-0.2, 0) is 13.0 Å². The van der Waals surface area contributed by atoms with Crippen LogP contribution in [0.1, 0.15) is 18.9 Å². The molecule has 0 aliphatic carbocycles. The summed E-state index contributed by atoms with van der Waals surface area (Å²) in [6.45, 7) is 4.21. The monoisotopic (exact) mass is 241 g/mol. The van der Waals surface area contributed by atoms with Gasteiger partial charge in [-0.1, -0.05) is 0 Å². The number of halogens is 1. The highest BCUT2D eigenvalue weighted by atomic mass is 19.1. The SMILES string of the molecule is CCn1cc(CCN2C[C@@H](F)C[C@H]2CO)cn1. The summed E-state index contributed by atoms with van der Waals surface area (Å²) in [6, 6.07) is -0.00813. The van der Waals surface area contributed by atoms with Gasteiger partial charge in [0.1, 0.15) is 6.17 Å². The van der Waals surface area contributed by atoms with Gasteiger partial charge in [0.05, 0.1) is 12.8 Å². The molecule has 96 valence electrons. The summed E-state index contributed by atoms with van der Waals surface area (Å²) in [7, 11) is 0. The quantitative estimate of drug-likeness (QED) is 0.831.